The molecule has 1 aliphatic rings. The Morgan fingerprint density at radius 3 is 2.43 bits per heavy atom. The normalized spacial score (nSPS) is 14.3. The Morgan fingerprint density at radius 1 is 1.07 bits per heavy atom. The van der Waals surface area contributed by atoms with Crippen LogP contribution in [0.15, 0.2) is 53.0 Å². The zero-order valence-corrected chi connectivity index (χ0v) is 18.7. The van der Waals surface area contributed by atoms with Crippen molar-refractivity contribution in [1.82, 2.24) is 4.90 Å². The molecule has 0 bridgehead atoms. The molecule has 0 aliphatic carbocycles. The zero-order chi connectivity index (χ0) is 21.3. The highest BCUT2D eigenvalue weighted by molar-refractivity contribution is 9.10. The molecule has 0 saturated carbocycles. The van der Waals surface area contributed by atoms with E-state index in [0.717, 1.165) is 10.2 Å². The van der Waals surface area contributed by atoms with Gasteiger partial charge < -0.3 is 19.7 Å². The van der Waals surface area contributed by atoms with Crippen LogP contribution in [-0.4, -0.2) is 43.5 Å². The number of rotatable bonds is 8. The maximum atomic E-state index is 12.6. The first-order valence-corrected chi connectivity index (χ1v) is 11.0. The van der Waals surface area contributed by atoms with Crippen LogP contribution >= 0.6 is 15.9 Å². The second-order valence-electron chi connectivity index (χ2n) is 7.23. The summed E-state index contributed by atoms with van der Waals surface area (Å²) in [5.74, 6) is 1.43. The second-order valence-corrected chi connectivity index (χ2v) is 8.08. The van der Waals surface area contributed by atoms with Crippen molar-refractivity contribution in [3.8, 4) is 11.5 Å². The van der Waals surface area contributed by atoms with Crippen molar-refractivity contribution in [2.45, 2.75) is 25.7 Å². The Hall–Kier alpha value is -2.54. The quantitative estimate of drug-likeness (QED) is 0.572. The van der Waals surface area contributed by atoms with Gasteiger partial charge in [0.05, 0.1) is 23.9 Å². The lowest BCUT2D eigenvalue weighted by molar-refractivity contribution is -0.134. The smallest absolute Gasteiger partial charge is 0.227 e. The van der Waals surface area contributed by atoms with Gasteiger partial charge in [-0.2, -0.15) is 0 Å². The van der Waals surface area contributed by atoms with Crippen molar-refractivity contribution in [3.63, 3.8) is 0 Å². The number of benzene rings is 2. The summed E-state index contributed by atoms with van der Waals surface area (Å²) in [6.45, 7) is 1.70. The number of hydrogen-bond donors (Lipinski definition) is 1. The van der Waals surface area contributed by atoms with E-state index >= 15 is 0 Å². The summed E-state index contributed by atoms with van der Waals surface area (Å²) >= 11 is 3.45. The van der Waals surface area contributed by atoms with Crippen molar-refractivity contribution >= 4 is 33.4 Å². The number of piperidine rings is 1. The molecule has 0 aromatic heterocycles. The highest BCUT2D eigenvalue weighted by Gasteiger charge is 2.27. The molecule has 2 aromatic rings. The van der Waals surface area contributed by atoms with Crippen LogP contribution in [-0.2, 0) is 9.59 Å². The first kappa shape index (κ1) is 22.2. The molecule has 1 saturated heterocycles. The number of nitrogens with one attached hydrogen (secondary N) is 1. The van der Waals surface area contributed by atoms with E-state index in [9.17, 15) is 9.59 Å². The Labute approximate surface area is 185 Å². The van der Waals surface area contributed by atoms with Crippen LogP contribution in [0.4, 0.5) is 5.69 Å². The van der Waals surface area contributed by atoms with Crippen molar-refractivity contribution in [1.29, 1.82) is 0 Å². The molecule has 30 heavy (non-hydrogen) atoms. The number of ether oxygens (including phenoxy) is 2. The number of carbonyl (C=O) groups excluding carboxylic acids is 2. The number of amides is 2. The molecule has 0 atom stereocenters. The number of carbonyl (C=O) groups is 2. The van der Waals surface area contributed by atoms with Gasteiger partial charge in [-0.3, -0.25) is 9.59 Å². The molecule has 1 aliphatic heterocycles. The van der Waals surface area contributed by atoms with Crippen LogP contribution in [0.3, 0.4) is 0 Å². The van der Waals surface area contributed by atoms with Crippen molar-refractivity contribution in [2.75, 3.05) is 32.1 Å². The predicted molar refractivity (Wildman–Crippen MR) is 120 cm³/mol. The Morgan fingerprint density at radius 2 is 1.73 bits per heavy atom. The number of anilines is 1. The number of nitrogens with zero attached hydrogens (tertiary/aromatic N) is 1. The lowest BCUT2D eigenvalue weighted by Crippen LogP contribution is -2.41. The number of halogens is 1. The topological polar surface area (TPSA) is 67.9 Å². The van der Waals surface area contributed by atoms with Crippen LogP contribution in [0.5, 0.6) is 11.5 Å². The van der Waals surface area contributed by atoms with E-state index in [1.165, 1.54) is 0 Å². The third-order valence-electron chi connectivity index (χ3n) is 5.21. The molecular formula is C23H27BrN2O4. The van der Waals surface area contributed by atoms with Gasteiger partial charge in [-0.15, -0.1) is 0 Å². The molecule has 2 amide bonds. The second kappa shape index (κ2) is 11.0. The van der Waals surface area contributed by atoms with Crippen molar-refractivity contribution in [3.05, 3.63) is 53.0 Å². The minimum Gasteiger partial charge on any atom is -0.495 e. The molecule has 6 nitrogen and oxygen atoms in total. The Bertz CT molecular complexity index is 866. The van der Waals surface area contributed by atoms with Gasteiger partial charge in [0.2, 0.25) is 11.8 Å². The summed E-state index contributed by atoms with van der Waals surface area (Å²) in [7, 11) is 1.58. The first-order valence-electron chi connectivity index (χ1n) is 10.2. The van der Waals surface area contributed by atoms with Crippen molar-refractivity contribution in [2.24, 2.45) is 5.92 Å². The minimum atomic E-state index is -0.0993. The summed E-state index contributed by atoms with van der Waals surface area (Å²) in [5.41, 5.74) is 0.675. The first-order chi connectivity index (χ1) is 14.6. The standard InChI is InChI=1S/C23H27BrN2O4/c1-29-21-10-5-3-8-19(21)25-23(28)17-12-14-26(15-13-17)22(27)11-6-16-30-20-9-4-2-7-18(20)24/h2-5,7-10,17H,6,11-16H2,1H3,(H,25,28). The summed E-state index contributed by atoms with van der Waals surface area (Å²) in [5, 5.41) is 2.95. The van der Waals surface area contributed by atoms with E-state index in [4.69, 9.17) is 9.47 Å². The maximum absolute atomic E-state index is 12.6. The molecule has 2 aromatic carbocycles. The number of hydrogen-bond acceptors (Lipinski definition) is 4. The molecule has 7 heteroatoms. The predicted octanol–water partition coefficient (Wildman–Crippen LogP) is 4.49. The zero-order valence-electron chi connectivity index (χ0n) is 17.1. The number of methoxy groups -OCH3 is 1. The van der Waals surface area contributed by atoms with Gasteiger partial charge in [0, 0.05) is 25.4 Å². The number of para-hydroxylation sites is 3. The largest absolute Gasteiger partial charge is 0.495 e. The molecule has 0 radical (unpaired) electrons. The van der Waals surface area contributed by atoms with Crippen LogP contribution in [0, 0.1) is 5.92 Å². The summed E-state index contributed by atoms with van der Waals surface area (Å²) < 4.78 is 11.9. The number of likely N-dealkylation sites (tertiary alicyclic amines) is 1. The van der Waals surface area contributed by atoms with Crippen LogP contribution < -0.4 is 14.8 Å². The minimum absolute atomic E-state index is 0.0200. The van der Waals surface area contributed by atoms with E-state index in [1.54, 1.807) is 7.11 Å². The molecule has 1 heterocycles. The van der Waals surface area contributed by atoms with Gasteiger partial charge in [0.15, 0.2) is 0 Å². The fourth-order valence-corrected chi connectivity index (χ4v) is 3.90. The van der Waals surface area contributed by atoms with Gasteiger partial charge in [0.25, 0.3) is 0 Å². The molecule has 1 fully saturated rings. The van der Waals surface area contributed by atoms with Gasteiger partial charge in [0.1, 0.15) is 11.5 Å². The third kappa shape index (κ3) is 5.98. The van der Waals surface area contributed by atoms with E-state index in [1.807, 2.05) is 53.4 Å². The summed E-state index contributed by atoms with van der Waals surface area (Å²) in [6, 6.07) is 15.0. The molecule has 0 spiro atoms. The van der Waals surface area contributed by atoms with Crippen LogP contribution in [0.25, 0.3) is 0 Å². The Balaban J connectivity index is 1.38. The third-order valence-corrected chi connectivity index (χ3v) is 5.87. The van der Waals surface area contributed by atoms with Gasteiger partial charge >= 0.3 is 0 Å². The highest BCUT2D eigenvalue weighted by atomic mass is 79.9. The van der Waals surface area contributed by atoms with Gasteiger partial charge in [-0.1, -0.05) is 24.3 Å². The molecule has 3 rings (SSSR count). The SMILES string of the molecule is COc1ccccc1NC(=O)C1CCN(C(=O)CCCOc2ccccc2Br)CC1. The fraction of sp³-hybridized carbons (Fsp3) is 0.391. The van der Waals surface area contributed by atoms with Gasteiger partial charge in [-0.25, -0.2) is 0 Å². The maximum Gasteiger partial charge on any atom is 0.227 e. The lowest BCUT2D eigenvalue weighted by Gasteiger charge is -2.31. The molecule has 0 unspecified atom stereocenters. The van der Waals surface area contributed by atoms with E-state index in [0.29, 0.717) is 56.8 Å². The van der Waals surface area contributed by atoms with Crippen molar-refractivity contribution < 1.29 is 19.1 Å². The molecular weight excluding hydrogens is 448 g/mol. The van der Waals surface area contributed by atoms with Gasteiger partial charge in [-0.05, 0) is 59.5 Å². The van der Waals surface area contributed by atoms with E-state index < -0.39 is 0 Å². The molecule has 1 N–H and O–H groups in total. The fourth-order valence-electron chi connectivity index (χ4n) is 3.50. The molecule has 160 valence electrons. The van der Waals surface area contributed by atoms with E-state index in [-0.39, 0.29) is 17.7 Å². The Kier molecular flexibility index (Phi) is 8.13. The van der Waals surface area contributed by atoms with E-state index in [2.05, 4.69) is 21.2 Å². The average molecular weight is 475 g/mol. The average Bonchev–Trinajstić information content (AvgIpc) is 2.78. The lowest BCUT2D eigenvalue weighted by atomic mass is 9.95. The van der Waals surface area contributed by atoms with Crippen LogP contribution in [0.1, 0.15) is 25.7 Å². The summed E-state index contributed by atoms with van der Waals surface area (Å²) in [6.07, 6.45) is 2.44. The monoisotopic (exact) mass is 474 g/mol. The highest BCUT2D eigenvalue weighted by Crippen LogP contribution is 2.26. The van der Waals surface area contributed by atoms with Crippen LogP contribution in [0.2, 0.25) is 0 Å². The summed E-state index contributed by atoms with van der Waals surface area (Å²) in [4.78, 5) is 26.9.